The molecule has 19 heteroatoms. The quantitative estimate of drug-likeness (QED) is 0.0222. The first-order chi connectivity index (χ1) is 45.4. The van der Waals surface area contributed by atoms with Gasteiger partial charge in [-0.3, -0.25) is 37.3 Å². The minimum atomic E-state index is -4.96. The van der Waals surface area contributed by atoms with E-state index in [0.29, 0.717) is 25.7 Å². The third-order valence-electron chi connectivity index (χ3n) is 17.8. The number of aliphatic hydroxyl groups is 1. The molecule has 0 fully saturated rings. The number of carbonyl (C=O) groups excluding carboxylic acids is 4. The van der Waals surface area contributed by atoms with Crippen molar-refractivity contribution < 1.29 is 80.2 Å². The van der Waals surface area contributed by atoms with E-state index in [9.17, 15) is 43.2 Å². The highest BCUT2D eigenvalue weighted by atomic mass is 31.2. The second-order valence-corrected chi connectivity index (χ2v) is 30.7. The van der Waals surface area contributed by atoms with Crippen molar-refractivity contribution >= 4 is 39.5 Å². The van der Waals surface area contributed by atoms with Crippen LogP contribution in [-0.2, 0) is 65.4 Å². The molecule has 3 unspecified atom stereocenters. The SMILES string of the molecule is CCCCCCCCCCCCCCCCCC(=O)O[C@H](COC(=O)CCCCCCCCCCCCC(C)CC)COP(=O)(O)OC[C@@H](O)COP(=O)(O)OC[C@@H](COC(=O)CCCCCCCCCCC(C)C)OC(=O)CCCCCCCCCCCCCCCC. The van der Waals surface area contributed by atoms with Crippen molar-refractivity contribution in [2.45, 2.75) is 407 Å². The lowest BCUT2D eigenvalue weighted by Gasteiger charge is -2.21. The number of hydrogen-bond acceptors (Lipinski definition) is 15. The van der Waals surface area contributed by atoms with Gasteiger partial charge in [-0.15, -0.1) is 0 Å². The number of unbranched alkanes of at least 4 members (excludes halogenated alkanes) is 43. The Kier molecular flexibility index (Phi) is 65.5. The molecule has 17 nitrogen and oxygen atoms in total. The summed E-state index contributed by atoms with van der Waals surface area (Å²) in [6.07, 6.45) is 53.9. The van der Waals surface area contributed by atoms with Crippen molar-refractivity contribution in [3.63, 3.8) is 0 Å². The summed E-state index contributed by atoms with van der Waals surface area (Å²) in [4.78, 5) is 72.8. The van der Waals surface area contributed by atoms with Gasteiger partial charge in [0.05, 0.1) is 26.4 Å². The Morgan fingerprint density at radius 3 is 0.809 bits per heavy atom. The summed E-state index contributed by atoms with van der Waals surface area (Å²) in [5, 5.41) is 10.6. The van der Waals surface area contributed by atoms with E-state index in [2.05, 4.69) is 41.5 Å². The predicted octanol–water partition coefficient (Wildman–Crippen LogP) is 21.9. The monoisotopic (exact) mass is 1380 g/mol. The van der Waals surface area contributed by atoms with Gasteiger partial charge in [0.1, 0.15) is 19.3 Å². The van der Waals surface area contributed by atoms with Gasteiger partial charge in [-0.2, -0.15) is 0 Å². The van der Waals surface area contributed by atoms with Crippen LogP contribution >= 0.6 is 15.6 Å². The minimum Gasteiger partial charge on any atom is -0.462 e. The highest BCUT2D eigenvalue weighted by Gasteiger charge is 2.30. The molecule has 0 aromatic rings. The number of phosphoric acid groups is 2. The minimum absolute atomic E-state index is 0.107. The Labute approximate surface area is 575 Å². The molecular weight excluding hydrogens is 1230 g/mol. The number of phosphoric ester groups is 2. The zero-order valence-electron chi connectivity index (χ0n) is 61.3. The number of ether oxygens (including phenoxy) is 4. The van der Waals surface area contributed by atoms with Crippen LogP contribution in [0.4, 0.5) is 0 Å². The van der Waals surface area contributed by atoms with Crippen LogP contribution in [0.3, 0.4) is 0 Å². The zero-order valence-corrected chi connectivity index (χ0v) is 63.1. The molecule has 0 spiro atoms. The second kappa shape index (κ2) is 66.9. The number of aliphatic hydroxyl groups excluding tert-OH is 1. The van der Waals surface area contributed by atoms with Crippen LogP contribution in [-0.4, -0.2) is 96.7 Å². The molecular formula is C75H146O17P2. The van der Waals surface area contributed by atoms with Crippen molar-refractivity contribution in [1.82, 2.24) is 0 Å². The Balaban J connectivity index is 5.27. The lowest BCUT2D eigenvalue weighted by molar-refractivity contribution is -0.161. The third kappa shape index (κ3) is 67.3. The van der Waals surface area contributed by atoms with E-state index in [4.69, 9.17) is 37.0 Å². The molecule has 558 valence electrons. The maximum atomic E-state index is 13.1. The fourth-order valence-electron chi connectivity index (χ4n) is 11.4. The third-order valence-corrected chi connectivity index (χ3v) is 19.7. The summed E-state index contributed by atoms with van der Waals surface area (Å²) in [7, 11) is -9.91. The summed E-state index contributed by atoms with van der Waals surface area (Å²) in [6, 6.07) is 0. The number of rotatable bonds is 74. The Morgan fingerprint density at radius 2 is 0.543 bits per heavy atom. The van der Waals surface area contributed by atoms with Crippen LogP contribution in [0.2, 0.25) is 0 Å². The van der Waals surface area contributed by atoms with Gasteiger partial charge < -0.3 is 33.8 Å². The maximum Gasteiger partial charge on any atom is 0.472 e. The molecule has 0 amide bonds. The van der Waals surface area contributed by atoms with Crippen LogP contribution < -0.4 is 0 Å². The van der Waals surface area contributed by atoms with E-state index in [-0.39, 0.29) is 25.7 Å². The number of esters is 4. The molecule has 0 rings (SSSR count). The van der Waals surface area contributed by atoms with Crippen LogP contribution in [0.25, 0.3) is 0 Å². The molecule has 3 N–H and O–H groups in total. The average Bonchev–Trinajstić information content (AvgIpc) is 1.22. The lowest BCUT2D eigenvalue weighted by Crippen LogP contribution is -2.30. The van der Waals surface area contributed by atoms with Crippen LogP contribution in [0.1, 0.15) is 388 Å². The molecule has 0 aliphatic rings. The molecule has 0 aliphatic carbocycles. The second-order valence-electron chi connectivity index (χ2n) is 27.8. The molecule has 0 heterocycles. The summed E-state index contributed by atoms with van der Waals surface area (Å²) >= 11 is 0. The maximum absolute atomic E-state index is 13.1. The highest BCUT2D eigenvalue weighted by molar-refractivity contribution is 7.47. The first-order valence-corrected chi connectivity index (χ1v) is 42.0. The molecule has 0 radical (unpaired) electrons. The van der Waals surface area contributed by atoms with Crippen LogP contribution in [0.5, 0.6) is 0 Å². The number of hydrogen-bond donors (Lipinski definition) is 3. The molecule has 0 saturated carbocycles. The molecule has 0 aromatic carbocycles. The van der Waals surface area contributed by atoms with E-state index >= 15 is 0 Å². The van der Waals surface area contributed by atoms with Crippen molar-refractivity contribution in [1.29, 1.82) is 0 Å². The van der Waals surface area contributed by atoms with Gasteiger partial charge in [-0.25, -0.2) is 9.13 Å². The smallest absolute Gasteiger partial charge is 0.462 e. The molecule has 6 atom stereocenters. The summed E-state index contributed by atoms with van der Waals surface area (Å²) in [6.45, 7) is 9.59. The predicted molar refractivity (Wildman–Crippen MR) is 381 cm³/mol. The van der Waals surface area contributed by atoms with Crippen molar-refractivity contribution in [3.05, 3.63) is 0 Å². The molecule has 0 aliphatic heterocycles. The zero-order chi connectivity index (χ0) is 69.3. The molecule has 0 aromatic heterocycles. The van der Waals surface area contributed by atoms with E-state index in [1.165, 1.54) is 205 Å². The Hall–Kier alpha value is -1.94. The van der Waals surface area contributed by atoms with Crippen LogP contribution in [0, 0.1) is 11.8 Å². The topological polar surface area (TPSA) is 237 Å². The van der Waals surface area contributed by atoms with Crippen molar-refractivity contribution in [2.24, 2.45) is 11.8 Å². The molecule has 94 heavy (non-hydrogen) atoms. The summed E-state index contributed by atoms with van der Waals surface area (Å²) in [5.41, 5.74) is 0. The van der Waals surface area contributed by atoms with Gasteiger partial charge >= 0.3 is 39.5 Å². The van der Waals surface area contributed by atoms with Gasteiger partial charge in [0.2, 0.25) is 0 Å². The van der Waals surface area contributed by atoms with E-state index < -0.39 is 97.5 Å². The first-order valence-electron chi connectivity index (χ1n) is 39.0. The van der Waals surface area contributed by atoms with Gasteiger partial charge in [-0.1, -0.05) is 337 Å². The summed E-state index contributed by atoms with van der Waals surface area (Å²) in [5.74, 6) is -0.579. The lowest BCUT2D eigenvalue weighted by atomic mass is 9.99. The largest absolute Gasteiger partial charge is 0.472 e. The standard InChI is InChI=1S/C75H146O17P2/c1-7-10-12-14-16-18-20-22-24-26-28-34-42-48-54-60-75(80)91-70(63-85-72(77)57-51-45-39-32-30-29-31-38-44-50-56-68(6)9-3)65-89-93(81,82)87-61-69(76)62-88-94(83,84)90-66-71(64-86-73(78)58-52-46-40-36-35-37-43-49-55-67(4)5)92-74(79)59-53-47-41-33-27-25-23-21-19-17-15-13-11-8-2/h67-71,76H,7-66H2,1-6H3,(H,81,82)(H,83,84)/t68?,69-,70-,71-/m1/s1. The van der Waals surface area contributed by atoms with E-state index in [0.717, 1.165) is 102 Å². The van der Waals surface area contributed by atoms with Gasteiger partial charge in [-0.05, 0) is 37.5 Å². The fraction of sp³-hybridized carbons (Fsp3) is 0.947. The van der Waals surface area contributed by atoms with E-state index in [1.807, 2.05) is 0 Å². The van der Waals surface area contributed by atoms with Gasteiger partial charge in [0.15, 0.2) is 12.2 Å². The Bertz CT molecular complexity index is 1820. The van der Waals surface area contributed by atoms with Gasteiger partial charge in [0, 0.05) is 25.7 Å². The van der Waals surface area contributed by atoms with E-state index in [1.54, 1.807) is 0 Å². The fourth-order valence-corrected chi connectivity index (χ4v) is 13.0. The van der Waals surface area contributed by atoms with Crippen LogP contribution in [0.15, 0.2) is 0 Å². The molecule has 0 bridgehead atoms. The molecule has 0 saturated heterocycles. The van der Waals surface area contributed by atoms with Crippen molar-refractivity contribution in [3.8, 4) is 0 Å². The van der Waals surface area contributed by atoms with Crippen molar-refractivity contribution in [2.75, 3.05) is 39.6 Å². The summed E-state index contributed by atoms with van der Waals surface area (Å²) < 4.78 is 68.5. The van der Waals surface area contributed by atoms with Gasteiger partial charge in [0.25, 0.3) is 0 Å². The first kappa shape index (κ1) is 92.1. The Morgan fingerprint density at radius 1 is 0.309 bits per heavy atom. The highest BCUT2D eigenvalue weighted by Crippen LogP contribution is 2.45. The normalized spacial score (nSPS) is 14.3. The number of carbonyl (C=O) groups is 4. The average molecular weight is 1380 g/mol.